The number of nitrogens with one attached hydrogen (secondary N) is 1. The third kappa shape index (κ3) is 2.92. The summed E-state index contributed by atoms with van der Waals surface area (Å²) >= 11 is 1.54. The first-order valence-electron chi connectivity index (χ1n) is 6.91. The average molecular weight is 324 g/mol. The zero-order chi connectivity index (χ0) is 15.5. The Morgan fingerprint density at radius 1 is 1.36 bits per heavy atom. The zero-order valence-electron chi connectivity index (χ0n) is 11.8. The van der Waals surface area contributed by atoms with Crippen LogP contribution in [0, 0.1) is 0 Å². The zero-order valence-corrected chi connectivity index (χ0v) is 12.6. The topological polar surface area (TPSA) is 88.1 Å². The number of nitrogens with zero attached hydrogens (tertiary/aromatic N) is 1. The molecule has 0 spiro atoms. The average Bonchev–Trinajstić information content (AvgIpc) is 3.01. The molecule has 2 aliphatic heterocycles. The largest absolute Gasteiger partial charge is 0.486 e. The number of benzene rings is 1. The lowest BCUT2D eigenvalue weighted by Crippen LogP contribution is -2.43. The van der Waals surface area contributed by atoms with E-state index < -0.39 is 6.09 Å². The summed E-state index contributed by atoms with van der Waals surface area (Å²) in [6, 6.07) is 4.95. The standard InChI is InChI=1S/C14H16N2O5S/c17-13(15-6-9-7-22-8-16(9)14(18)19)10-2-1-3-11-12(10)21-5-4-20-11/h1-3,9H,4-8H2,(H,15,17)(H,18,19). The lowest BCUT2D eigenvalue weighted by molar-refractivity contribution is 0.0925. The van der Waals surface area contributed by atoms with Gasteiger partial charge in [0.05, 0.1) is 17.5 Å². The van der Waals surface area contributed by atoms with Crippen LogP contribution < -0.4 is 14.8 Å². The van der Waals surface area contributed by atoms with Gasteiger partial charge in [-0.2, -0.15) is 0 Å². The minimum atomic E-state index is -0.960. The van der Waals surface area contributed by atoms with E-state index in [4.69, 9.17) is 14.6 Å². The Balaban J connectivity index is 1.67. The number of ether oxygens (including phenoxy) is 2. The van der Waals surface area contributed by atoms with Crippen molar-refractivity contribution in [1.29, 1.82) is 0 Å². The highest BCUT2D eigenvalue weighted by Gasteiger charge is 2.29. The Morgan fingerprint density at radius 3 is 3.00 bits per heavy atom. The Labute approximate surface area is 131 Å². The summed E-state index contributed by atoms with van der Waals surface area (Å²) in [5.74, 6) is 1.83. The molecule has 2 heterocycles. The number of hydrogen-bond acceptors (Lipinski definition) is 5. The van der Waals surface area contributed by atoms with Crippen LogP contribution >= 0.6 is 11.8 Å². The minimum Gasteiger partial charge on any atom is -0.486 e. The van der Waals surface area contributed by atoms with Crippen molar-refractivity contribution in [3.05, 3.63) is 23.8 Å². The second kappa shape index (κ2) is 6.35. The lowest BCUT2D eigenvalue weighted by Gasteiger charge is -2.22. The van der Waals surface area contributed by atoms with Gasteiger partial charge < -0.3 is 19.9 Å². The van der Waals surface area contributed by atoms with Crippen molar-refractivity contribution in [2.45, 2.75) is 6.04 Å². The van der Waals surface area contributed by atoms with Crippen molar-refractivity contribution in [2.75, 3.05) is 31.4 Å². The van der Waals surface area contributed by atoms with E-state index >= 15 is 0 Å². The molecule has 3 rings (SSSR count). The number of amides is 2. The van der Waals surface area contributed by atoms with Crippen LogP contribution in [0.5, 0.6) is 11.5 Å². The summed E-state index contributed by atoms with van der Waals surface area (Å²) in [5.41, 5.74) is 0.407. The van der Waals surface area contributed by atoms with Crippen molar-refractivity contribution in [1.82, 2.24) is 10.2 Å². The molecule has 0 bridgehead atoms. The number of rotatable bonds is 3. The predicted molar refractivity (Wildman–Crippen MR) is 80.7 cm³/mol. The molecule has 7 nitrogen and oxygen atoms in total. The molecule has 8 heteroatoms. The number of hydrogen-bond donors (Lipinski definition) is 2. The molecule has 0 aliphatic carbocycles. The molecule has 0 aromatic heterocycles. The van der Waals surface area contributed by atoms with Crippen LogP contribution in [0.2, 0.25) is 0 Å². The first kappa shape index (κ1) is 14.8. The molecule has 1 atom stereocenters. The number of carboxylic acid groups (broad SMARTS) is 1. The highest BCUT2D eigenvalue weighted by Crippen LogP contribution is 2.33. The lowest BCUT2D eigenvalue weighted by atomic mass is 10.1. The number of thioether (sulfide) groups is 1. The van der Waals surface area contributed by atoms with Crippen LogP contribution in [0.15, 0.2) is 18.2 Å². The minimum absolute atomic E-state index is 0.205. The quantitative estimate of drug-likeness (QED) is 0.870. The number of carbonyl (C=O) groups excluding carboxylic acids is 1. The van der Waals surface area contributed by atoms with Crippen molar-refractivity contribution in [3.8, 4) is 11.5 Å². The Bertz CT molecular complexity index is 595. The Hall–Kier alpha value is -2.09. The van der Waals surface area contributed by atoms with Gasteiger partial charge >= 0.3 is 6.09 Å². The summed E-state index contributed by atoms with van der Waals surface area (Å²) < 4.78 is 11.0. The maximum Gasteiger partial charge on any atom is 0.408 e. The fourth-order valence-corrected chi connectivity index (χ4v) is 3.61. The normalized spacial score (nSPS) is 19.8. The first-order valence-corrected chi connectivity index (χ1v) is 8.06. The molecule has 2 N–H and O–H groups in total. The van der Waals surface area contributed by atoms with Gasteiger partial charge in [0.15, 0.2) is 11.5 Å². The second-order valence-electron chi connectivity index (χ2n) is 4.95. The van der Waals surface area contributed by atoms with E-state index in [9.17, 15) is 9.59 Å². The summed E-state index contributed by atoms with van der Waals surface area (Å²) in [6.07, 6.45) is -0.960. The highest BCUT2D eigenvalue weighted by molar-refractivity contribution is 7.99. The molecule has 2 aliphatic rings. The summed E-state index contributed by atoms with van der Waals surface area (Å²) in [5, 5.41) is 11.9. The highest BCUT2D eigenvalue weighted by atomic mass is 32.2. The van der Waals surface area contributed by atoms with E-state index in [-0.39, 0.29) is 18.5 Å². The monoisotopic (exact) mass is 324 g/mol. The molecule has 22 heavy (non-hydrogen) atoms. The molecular formula is C14H16N2O5S. The van der Waals surface area contributed by atoms with Gasteiger partial charge in [0, 0.05) is 12.3 Å². The van der Waals surface area contributed by atoms with Crippen molar-refractivity contribution < 1.29 is 24.2 Å². The van der Waals surface area contributed by atoms with Crippen LogP contribution in [0.4, 0.5) is 4.79 Å². The fourth-order valence-electron chi connectivity index (χ4n) is 2.42. The molecule has 2 amide bonds. The van der Waals surface area contributed by atoms with Crippen LogP contribution in [0.1, 0.15) is 10.4 Å². The molecule has 1 aromatic carbocycles. The van der Waals surface area contributed by atoms with Gasteiger partial charge in [-0.1, -0.05) is 6.07 Å². The molecule has 118 valence electrons. The number of fused-ring (bicyclic) bond motifs is 1. The second-order valence-corrected chi connectivity index (χ2v) is 5.95. The SMILES string of the molecule is O=C(NCC1CSCN1C(=O)O)c1cccc2c1OCCO2. The number of carbonyl (C=O) groups is 2. The van der Waals surface area contributed by atoms with Gasteiger partial charge in [-0.3, -0.25) is 9.69 Å². The van der Waals surface area contributed by atoms with Crippen LogP contribution in [0.25, 0.3) is 0 Å². The van der Waals surface area contributed by atoms with Crippen LogP contribution in [0.3, 0.4) is 0 Å². The van der Waals surface area contributed by atoms with E-state index in [0.29, 0.717) is 41.9 Å². The van der Waals surface area contributed by atoms with Gasteiger partial charge in [-0.15, -0.1) is 11.8 Å². The summed E-state index contributed by atoms with van der Waals surface area (Å²) in [4.78, 5) is 24.8. The third-order valence-corrected chi connectivity index (χ3v) is 4.62. The summed E-state index contributed by atoms with van der Waals surface area (Å²) in [6.45, 7) is 1.15. The van der Waals surface area contributed by atoms with E-state index in [1.54, 1.807) is 18.2 Å². The first-order chi connectivity index (χ1) is 10.7. The smallest absolute Gasteiger partial charge is 0.408 e. The van der Waals surface area contributed by atoms with Gasteiger partial charge in [-0.25, -0.2) is 4.79 Å². The maximum atomic E-state index is 12.3. The molecule has 1 unspecified atom stereocenters. The van der Waals surface area contributed by atoms with E-state index in [1.165, 1.54) is 16.7 Å². The summed E-state index contributed by atoms with van der Waals surface area (Å²) in [7, 11) is 0. The van der Waals surface area contributed by atoms with Gasteiger partial charge in [-0.05, 0) is 12.1 Å². The molecule has 1 saturated heterocycles. The van der Waals surface area contributed by atoms with Crippen molar-refractivity contribution in [2.24, 2.45) is 0 Å². The molecule has 1 fully saturated rings. The van der Waals surface area contributed by atoms with Crippen LogP contribution in [-0.4, -0.2) is 59.4 Å². The van der Waals surface area contributed by atoms with Gasteiger partial charge in [0.2, 0.25) is 0 Å². The predicted octanol–water partition coefficient (Wildman–Crippen LogP) is 1.24. The Kier molecular flexibility index (Phi) is 4.28. The van der Waals surface area contributed by atoms with Crippen LogP contribution in [-0.2, 0) is 0 Å². The molecule has 0 saturated carbocycles. The number of para-hydroxylation sites is 1. The maximum absolute atomic E-state index is 12.3. The molecular weight excluding hydrogens is 308 g/mol. The molecule has 1 aromatic rings. The Morgan fingerprint density at radius 2 is 2.18 bits per heavy atom. The van der Waals surface area contributed by atoms with E-state index in [1.807, 2.05) is 0 Å². The molecule has 0 radical (unpaired) electrons. The van der Waals surface area contributed by atoms with Gasteiger partial charge in [0.25, 0.3) is 5.91 Å². The third-order valence-electron chi connectivity index (χ3n) is 3.54. The fraction of sp³-hybridized carbons (Fsp3) is 0.429. The van der Waals surface area contributed by atoms with Crippen molar-refractivity contribution in [3.63, 3.8) is 0 Å². The van der Waals surface area contributed by atoms with E-state index in [0.717, 1.165) is 0 Å². The van der Waals surface area contributed by atoms with Crippen molar-refractivity contribution >= 4 is 23.8 Å². The van der Waals surface area contributed by atoms with E-state index in [2.05, 4.69) is 5.32 Å². The van der Waals surface area contributed by atoms with Gasteiger partial charge in [0.1, 0.15) is 13.2 Å².